The summed E-state index contributed by atoms with van der Waals surface area (Å²) >= 11 is 2.29. The first-order valence-corrected chi connectivity index (χ1v) is 5.10. The summed E-state index contributed by atoms with van der Waals surface area (Å²) in [5.74, 6) is 0. The minimum absolute atomic E-state index is 0.747. The number of benzene rings is 1. The second-order valence-corrected chi connectivity index (χ2v) is 3.82. The number of anilines is 1. The van der Waals surface area contributed by atoms with Gasteiger partial charge in [0.05, 0.1) is 0 Å². The first kappa shape index (κ1) is 9.80. The van der Waals surface area contributed by atoms with Crippen LogP contribution in [-0.4, -0.2) is 13.1 Å². The number of nitrogens with two attached hydrogens (primary N) is 1. The van der Waals surface area contributed by atoms with Crippen LogP contribution in [0.1, 0.15) is 6.42 Å². The Morgan fingerprint density at radius 3 is 2.50 bits per heavy atom. The van der Waals surface area contributed by atoms with E-state index < -0.39 is 0 Å². The molecule has 0 heterocycles. The fourth-order valence-corrected chi connectivity index (χ4v) is 1.26. The maximum atomic E-state index is 5.38. The van der Waals surface area contributed by atoms with Crippen LogP contribution >= 0.6 is 22.6 Å². The van der Waals surface area contributed by atoms with Crippen LogP contribution in [0.3, 0.4) is 0 Å². The Bertz CT molecular complexity index is 220. The van der Waals surface area contributed by atoms with E-state index in [2.05, 4.69) is 52.2 Å². The Hall–Kier alpha value is -0.290. The molecule has 0 amide bonds. The SMILES string of the molecule is NCCCNc1ccc(I)cc1. The Morgan fingerprint density at radius 2 is 1.92 bits per heavy atom. The van der Waals surface area contributed by atoms with Crippen molar-refractivity contribution in [1.29, 1.82) is 0 Å². The molecular formula is C9H13IN2. The van der Waals surface area contributed by atoms with Gasteiger partial charge in [-0.05, 0) is 59.8 Å². The first-order chi connectivity index (χ1) is 5.83. The molecule has 0 spiro atoms. The first-order valence-electron chi connectivity index (χ1n) is 4.02. The highest BCUT2D eigenvalue weighted by atomic mass is 127. The minimum atomic E-state index is 0.747. The van der Waals surface area contributed by atoms with Gasteiger partial charge in [-0.15, -0.1) is 0 Å². The molecule has 1 aromatic carbocycles. The average Bonchev–Trinajstić information content (AvgIpc) is 2.09. The van der Waals surface area contributed by atoms with E-state index in [4.69, 9.17) is 5.73 Å². The number of rotatable bonds is 4. The molecule has 0 fully saturated rings. The quantitative estimate of drug-likeness (QED) is 0.652. The van der Waals surface area contributed by atoms with Gasteiger partial charge in [-0.3, -0.25) is 0 Å². The van der Waals surface area contributed by atoms with Gasteiger partial charge >= 0.3 is 0 Å². The molecule has 3 heteroatoms. The fraction of sp³-hybridized carbons (Fsp3) is 0.333. The van der Waals surface area contributed by atoms with Crippen LogP contribution < -0.4 is 11.1 Å². The lowest BCUT2D eigenvalue weighted by atomic mass is 10.3. The molecule has 1 rings (SSSR count). The number of hydrogen-bond donors (Lipinski definition) is 2. The summed E-state index contributed by atoms with van der Waals surface area (Å²) in [5, 5.41) is 3.29. The highest BCUT2D eigenvalue weighted by Gasteiger charge is 1.89. The minimum Gasteiger partial charge on any atom is -0.385 e. The molecule has 0 unspecified atom stereocenters. The molecule has 0 radical (unpaired) electrons. The van der Waals surface area contributed by atoms with Gasteiger partial charge in [0, 0.05) is 15.8 Å². The van der Waals surface area contributed by atoms with E-state index in [0.717, 1.165) is 19.5 Å². The Kier molecular flexibility index (Phi) is 4.39. The van der Waals surface area contributed by atoms with Crippen LogP contribution in [0, 0.1) is 3.57 Å². The van der Waals surface area contributed by atoms with Crippen LogP contribution in [0.15, 0.2) is 24.3 Å². The van der Waals surface area contributed by atoms with Crippen LogP contribution in [0.5, 0.6) is 0 Å². The zero-order valence-corrected chi connectivity index (χ0v) is 9.04. The van der Waals surface area contributed by atoms with Gasteiger partial charge in [-0.25, -0.2) is 0 Å². The van der Waals surface area contributed by atoms with E-state index >= 15 is 0 Å². The van der Waals surface area contributed by atoms with Crippen LogP contribution in [-0.2, 0) is 0 Å². The molecular weight excluding hydrogens is 263 g/mol. The summed E-state index contributed by atoms with van der Waals surface area (Å²) < 4.78 is 1.26. The summed E-state index contributed by atoms with van der Waals surface area (Å²) in [5.41, 5.74) is 6.55. The number of hydrogen-bond acceptors (Lipinski definition) is 2. The monoisotopic (exact) mass is 276 g/mol. The van der Waals surface area contributed by atoms with Gasteiger partial charge < -0.3 is 11.1 Å². The maximum absolute atomic E-state index is 5.38. The lowest BCUT2D eigenvalue weighted by Gasteiger charge is -2.04. The van der Waals surface area contributed by atoms with Gasteiger partial charge in [-0.1, -0.05) is 0 Å². The highest BCUT2D eigenvalue weighted by molar-refractivity contribution is 14.1. The zero-order valence-electron chi connectivity index (χ0n) is 6.89. The molecule has 0 aliphatic heterocycles. The predicted molar refractivity (Wildman–Crippen MR) is 61.3 cm³/mol. The van der Waals surface area contributed by atoms with Crippen molar-refractivity contribution in [2.45, 2.75) is 6.42 Å². The summed E-state index contributed by atoms with van der Waals surface area (Å²) in [6, 6.07) is 8.34. The van der Waals surface area contributed by atoms with Crippen LogP contribution in [0.4, 0.5) is 5.69 Å². The molecule has 2 nitrogen and oxygen atoms in total. The summed E-state index contributed by atoms with van der Waals surface area (Å²) in [6.45, 7) is 1.70. The Morgan fingerprint density at radius 1 is 1.25 bits per heavy atom. The number of nitrogens with one attached hydrogen (secondary N) is 1. The van der Waals surface area contributed by atoms with Crippen molar-refractivity contribution in [2.24, 2.45) is 5.73 Å². The molecule has 0 aliphatic rings. The Balaban J connectivity index is 2.37. The molecule has 3 N–H and O–H groups in total. The van der Waals surface area contributed by atoms with Gasteiger partial charge in [-0.2, -0.15) is 0 Å². The normalized spacial score (nSPS) is 9.83. The lowest BCUT2D eigenvalue weighted by molar-refractivity contribution is 0.874. The van der Waals surface area contributed by atoms with E-state index in [1.807, 2.05) is 0 Å². The topological polar surface area (TPSA) is 38.0 Å². The van der Waals surface area contributed by atoms with E-state index in [0.29, 0.717) is 0 Å². The molecule has 0 bridgehead atoms. The third-order valence-electron chi connectivity index (χ3n) is 1.55. The van der Waals surface area contributed by atoms with Crippen LogP contribution in [0.2, 0.25) is 0 Å². The van der Waals surface area contributed by atoms with Crippen molar-refractivity contribution in [3.8, 4) is 0 Å². The fourth-order valence-electron chi connectivity index (χ4n) is 0.903. The summed E-state index contributed by atoms with van der Waals surface area (Å²) in [6.07, 6.45) is 1.02. The highest BCUT2D eigenvalue weighted by Crippen LogP contribution is 2.10. The lowest BCUT2D eigenvalue weighted by Crippen LogP contribution is -2.08. The van der Waals surface area contributed by atoms with Crippen molar-refractivity contribution in [3.05, 3.63) is 27.8 Å². The van der Waals surface area contributed by atoms with Crippen molar-refractivity contribution < 1.29 is 0 Å². The standard InChI is InChI=1S/C9H13IN2/c10-8-2-4-9(5-3-8)12-7-1-6-11/h2-5,12H,1,6-7,11H2. The zero-order chi connectivity index (χ0) is 8.81. The maximum Gasteiger partial charge on any atom is 0.0340 e. The van der Waals surface area contributed by atoms with E-state index in [1.54, 1.807) is 0 Å². The van der Waals surface area contributed by atoms with Gasteiger partial charge in [0.25, 0.3) is 0 Å². The van der Waals surface area contributed by atoms with E-state index in [1.165, 1.54) is 9.26 Å². The molecule has 0 saturated heterocycles. The molecule has 0 atom stereocenters. The summed E-state index contributed by atoms with van der Waals surface area (Å²) in [4.78, 5) is 0. The van der Waals surface area contributed by atoms with Crippen LogP contribution in [0.25, 0.3) is 0 Å². The molecule has 0 aliphatic carbocycles. The van der Waals surface area contributed by atoms with Crippen molar-refractivity contribution in [3.63, 3.8) is 0 Å². The van der Waals surface area contributed by atoms with E-state index in [-0.39, 0.29) is 0 Å². The molecule has 0 saturated carbocycles. The second kappa shape index (κ2) is 5.37. The molecule has 12 heavy (non-hydrogen) atoms. The van der Waals surface area contributed by atoms with Crippen molar-refractivity contribution in [1.82, 2.24) is 0 Å². The predicted octanol–water partition coefficient (Wildman–Crippen LogP) is 2.05. The molecule has 66 valence electrons. The molecule has 0 aromatic heterocycles. The van der Waals surface area contributed by atoms with Gasteiger partial charge in [0.1, 0.15) is 0 Å². The van der Waals surface area contributed by atoms with Gasteiger partial charge in [0.2, 0.25) is 0 Å². The van der Waals surface area contributed by atoms with Gasteiger partial charge in [0.15, 0.2) is 0 Å². The number of halogens is 1. The van der Waals surface area contributed by atoms with E-state index in [9.17, 15) is 0 Å². The summed E-state index contributed by atoms with van der Waals surface area (Å²) in [7, 11) is 0. The largest absolute Gasteiger partial charge is 0.385 e. The molecule has 1 aromatic rings. The average molecular weight is 276 g/mol. The van der Waals surface area contributed by atoms with Crippen molar-refractivity contribution >= 4 is 28.3 Å². The smallest absolute Gasteiger partial charge is 0.0340 e. The second-order valence-electron chi connectivity index (χ2n) is 2.58. The third-order valence-corrected chi connectivity index (χ3v) is 2.27. The Labute approximate surface area is 86.7 Å². The third kappa shape index (κ3) is 3.40. The van der Waals surface area contributed by atoms with Crippen molar-refractivity contribution in [2.75, 3.05) is 18.4 Å².